The lowest BCUT2D eigenvalue weighted by atomic mass is 9.86. The van der Waals surface area contributed by atoms with Gasteiger partial charge in [-0.05, 0) is 40.8 Å². The number of anilines is 1. The van der Waals surface area contributed by atoms with Crippen LogP contribution in [0.3, 0.4) is 0 Å². The summed E-state index contributed by atoms with van der Waals surface area (Å²) in [7, 11) is 1.73. The summed E-state index contributed by atoms with van der Waals surface area (Å²) in [6, 6.07) is 3.99. The highest BCUT2D eigenvalue weighted by molar-refractivity contribution is 6.60. The van der Waals surface area contributed by atoms with Gasteiger partial charge in [-0.2, -0.15) is 0 Å². The second-order valence-corrected chi connectivity index (χ2v) is 7.05. The zero-order valence-electron chi connectivity index (χ0n) is 13.7. The Hall–Kier alpha value is -0.975. The predicted molar refractivity (Wildman–Crippen MR) is 84.1 cm³/mol. The Morgan fingerprint density at radius 3 is 2.10 bits per heavy atom. The highest BCUT2D eigenvalue weighted by atomic mass is 16.7. The SMILES string of the molecule is CN1CCN(c2ccc(B3OC(C)(C)C(C)(C)O3)o2)CC1. The molecule has 1 aromatic rings. The molecule has 2 saturated heterocycles. The minimum Gasteiger partial charge on any atom is -0.449 e. The Bertz CT molecular complexity index is 491. The average Bonchev–Trinajstić information content (AvgIpc) is 2.94. The molecular formula is C15H25BN2O3. The van der Waals surface area contributed by atoms with E-state index in [0.29, 0.717) is 0 Å². The fourth-order valence-electron chi connectivity index (χ4n) is 2.62. The van der Waals surface area contributed by atoms with Crippen molar-refractivity contribution >= 4 is 18.7 Å². The van der Waals surface area contributed by atoms with Crippen LogP contribution in [0, 0.1) is 0 Å². The molecule has 0 saturated carbocycles. The van der Waals surface area contributed by atoms with E-state index in [0.717, 1.165) is 37.7 Å². The standard InChI is InChI=1S/C15H25BN2O3/c1-14(2)15(3,4)21-16(20-14)12-6-7-13(19-12)18-10-8-17(5)9-11-18/h6-7H,8-11H2,1-5H3. The van der Waals surface area contributed by atoms with Gasteiger partial charge in [-0.25, -0.2) is 0 Å². The maximum Gasteiger partial charge on any atom is 0.532 e. The second-order valence-electron chi connectivity index (χ2n) is 7.05. The lowest BCUT2D eigenvalue weighted by Crippen LogP contribution is -2.44. The van der Waals surface area contributed by atoms with Crippen LogP contribution in [0.15, 0.2) is 16.5 Å². The molecule has 3 heterocycles. The van der Waals surface area contributed by atoms with E-state index < -0.39 is 7.12 Å². The summed E-state index contributed by atoms with van der Waals surface area (Å²) in [5, 5.41) is 0. The van der Waals surface area contributed by atoms with E-state index in [1.165, 1.54) is 0 Å². The molecule has 0 radical (unpaired) electrons. The van der Waals surface area contributed by atoms with Gasteiger partial charge >= 0.3 is 7.12 Å². The first-order valence-corrected chi connectivity index (χ1v) is 7.67. The summed E-state index contributed by atoms with van der Waals surface area (Å²) >= 11 is 0. The van der Waals surface area contributed by atoms with Crippen molar-refractivity contribution in [2.75, 3.05) is 38.1 Å². The molecule has 2 aliphatic rings. The average molecular weight is 292 g/mol. The third-order valence-corrected chi connectivity index (χ3v) is 4.91. The molecule has 6 heteroatoms. The minimum atomic E-state index is -0.420. The summed E-state index contributed by atoms with van der Waals surface area (Å²) in [6.45, 7) is 12.3. The van der Waals surface area contributed by atoms with E-state index in [1.807, 2.05) is 12.1 Å². The first-order valence-electron chi connectivity index (χ1n) is 7.67. The molecule has 0 spiro atoms. The molecule has 21 heavy (non-hydrogen) atoms. The van der Waals surface area contributed by atoms with Crippen molar-refractivity contribution in [3.63, 3.8) is 0 Å². The second kappa shape index (κ2) is 5.04. The summed E-state index contributed by atoms with van der Waals surface area (Å²) in [5.74, 6) is 0.910. The van der Waals surface area contributed by atoms with Crippen LogP contribution in [-0.2, 0) is 9.31 Å². The lowest BCUT2D eigenvalue weighted by Gasteiger charge is -2.32. The summed E-state index contributed by atoms with van der Waals surface area (Å²) in [6.07, 6.45) is 0. The molecule has 0 aliphatic carbocycles. The highest BCUT2D eigenvalue weighted by Gasteiger charge is 2.53. The Labute approximate surface area is 127 Å². The van der Waals surface area contributed by atoms with E-state index in [4.69, 9.17) is 13.7 Å². The third kappa shape index (κ3) is 2.72. The fraction of sp³-hybridized carbons (Fsp3) is 0.733. The monoisotopic (exact) mass is 292 g/mol. The Morgan fingerprint density at radius 1 is 0.952 bits per heavy atom. The molecule has 1 aromatic heterocycles. The molecule has 3 rings (SSSR count). The van der Waals surface area contributed by atoms with Crippen LogP contribution in [0.2, 0.25) is 0 Å². The van der Waals surface area contributed by atoms with Gasteiger partial charge in [-0.3, -0.25) is 0 Å². The van der Waals surface area contributed by atoms with E-state index >= 15 is 0 Å². The van der Waals surface area contributed by atoms with Gasteiger partial charge in [0.1, 0.15) is 5.66 Å². The van der Waals surface area contributed by atoms with E-state index in [1.54, 1.807) is 0 Å². The van der Waals surface area contributed by atoms with Crippen LogP contribution in [0.1, 0.15) is 27.7 Å². The summed E-state index contributed by atoms with van der Waals surface area (Å²) in [4.78, 5) is 4.60. The molecule has 0 N–H and O–H groups in total. The molecule has 2 aliphatic heterocycles. The molecule has 0 aromatic carbocycles. The van der Waals surface area contributed by atoms with Crippen LogP contribution in [-0.4, -0.2) is 56.4 Å². The van der Waals surface area contributed by atoms with Gasteiger partial charge in [0.05, 0.1) is 11.2 Å². The molecule has 2 fully saturated rings. The van der Waals surface area contributed by atoms with Crippen molar-refractivity contribution in [2.45, 2.75) is 38.9 Å². The van der Waals surface area contributed by atoms with Crippen molar-refractivity contribution in [1.29, 1.82) is 0 Å². The van der Waals surface area contributed by atoms with E-state index in [9.17, 15) is 0 Å². The normalized spacial score (nSPS) is 25.6. The number of rotatable bonds is 2. The van der Waals surface area contributed by atoms with Crippen molar-refractivity contribution < 1.29 is 13.7 Å². The Balaban J connectivity index is 1.71. The third-order valence-electron chi connectivity index (χ3n) is 4.91. The van der Waals surface area contributed by atoms with Gasteiger partial charge in [0, 0.05) is 32.2 Å². The number of likely N-dealkylation sites (N-methyl/N-ethyl adjacent to an activating group) is 1. The maximum absolute atomic E-state index is 6.03. The van der Waals surface area contributed by atoms with Crippen molar-refractivity contribution in [3.05, 3.63) is 12.1 Å². The number of hydrogen-bond donors (Lipinski definition) is 0. The van der Waals surface area contributed by atoms with Gasteiger partial charge in [0.15, 0.2) is 5.88 Å². The smallest absolute Gasteiger partial charge is 0.449 e. The van der Waals surface area contributed by atoms with Gasteiger partial charge in [0.2, 0.25) is 0 Å². The molecule has 116 valence electrons. The molecule has 0 amide bonds. The minimum absolute atomic E-state index is 0.335. The quantitative estimate of drug-likeness (QED) is 0.769. The first kappa shape index (κ1) is 14.9. The van der Waals surface area contributed by atoms with Gasteiger partial charge < -0.3 is 23.5 Å². The number of nitrogens with zero attached hydrogens (tertiary/aromatic N) is 2. The van der Waals surface area contributed by atoms with Crippen LogP contribution >= 0.6 is 0 Å². The zero-order valence-corrected chi connectivity index (χ0v) is 13.7. The number of furan rings is 1. The van der Waals surface area contributed by atoms with Crippen LogP contribution in [0.5, 0.6) is 0 Å². The molecular weight excluding hydrogens is 267 g/mol. The summed E-state index contributed by atoms with van der Waals surface area (Å²) in [5.41, 5.74) is 0.0827. The van der Waals surface area contributed by atoms with Crippen LogP contribution in [0.25, 0.3) is 0 Å². The molecule has 0 bridgehead atoms. The van der Waals surface area contributed by atoms with Crippen molar-refractivity contribution in [1.82, 2.24) is 4.90 Å². The van der Waals surface area contributed by atoms with Crippen molar-refractivity contribution in [2.24, 2.45) is 0 Å². The van der Waals surface area contributed by atoms with E-state index in [2.05, 4.69) is 44.5 Å². The number of piperazine rings is 1. The van der Waals surface area contributed by atoms with Gasteiger partial charge in [0.25, 0.3) is 0 Å². The highest BCUT2D eigenvalue weighted by Crippen LogP contribution is 2.36. The Morgan fingerprint density at radius 2 is 1.52 bits per heavy atom. The molecule has 5 nitrogen and oxygen atoms in total. The zero-order chi connectivity index (χ0) is 15.3. The van der Waals surface area contributed by atoms with Gasteiger partial charge in [-0.15, -0.1) is 0 Å². The molecule has 0 unspecified atom stereocenters. The molecule has 0 atom stereocenters. The largest absolute Gasteiger partial charge is 0.532 e. The lowest BCUT2D eigenvalue weighted by molar-refractivity contribution is 0.00578. The van der Waals surface area contributed by atoms with Crippen molar-refractivity contribution in [3.8, 4) is 0 Å². The first-order chi connectivity index (χ1) is 9.78. The van der Waals surface area contributed by atoms with Gasteiger partial charge in [-0.1, -0.05) is 0 Å². The van der Waals surface area contributed by atoms with Crippen LogP contribution in [0.4, 0.5) is 5.88 Å². The summed E-state index contributed by atoms with van der Waals surface area (Å²) < 4.78 is 18.0. The maximum atomic E-state index is 6.03. The number of hydrogen-bond acceptors (Lipinski definition) is 5. The topological polar surface area (TPSA) is 38.1 Å². The predicted octanol–water partition coefficient (Wildman–Crippen LogP) is 1.33. The van der Waals surface area contributed by atoms with E-state index in [-0.39, 0.29) is 11.2 Å². The Kier molecular flexibility index (Phi) is 3.58. The fourth-order valence-corrected chi connectivity index (χ4v) is 2.62. The van der Waals surface area contributed by atoms with Crippen LogP contribution < -0.4 is 10.6 Å².